The molecular formula is C10H6F5NO. The lowest BCUT2D eigenvalue weighted by Gasteiger charge is -2.10. The van der Waals surface area contributed by atoms with E-state index in [1.807, 2.05) is 0 Å². The van der Waals surface area contributed by atoms with E-state index >= 15 is 0 Å². The highest BCUT2D eigenvalue weighted by molar-refractivity contribution is 5.37. The summed E-state index contributed by atoms with van der Waals surface area (Å²) in [6.07, 6.45) is -5.77. The summed E-state index contributed by atoms with van der Waals surface area (Å²) in [6.45, 7) is -0.886. The molecule has 0 aliphatic rings. The largest absolute Gasteiger partial charge is 0.487 e. The first-order valence-corrected chi connectivity index (χ1v) is 4.42. The minimum absolute atomic E-state index is 0.275. The smallest absolute Gasteiger partial charge is 0.392 e. The molecule has 1 rings (SSSR count). The fraction of sp³-hybridized carbons (Fsp3) is 0.300. The molecule has 0 spiro atoms. The third-order valence-corrected chi connectivity index (χ3v) is 1.76. The molecule has 0 fully saturated rings. The van der Waals surface area contributed by atoms with Gasteiger partial charge in [-0.2, -0.15) is 18.4 Å². The Labute approximate surface area is 93.2 Å². The molecule has 0 aromatic heterocycles. The maximum atomic E-state index is 13.1. The Morgan fingerprint density at radius 3 is 2.12 bits per heavy atom. The van der Waals surface area contributed by atoms with Crippen molar-refractivity contribution in [1.29, 1.82) is 5.26 Å². The molecule has 7 heteroatoms. The fourth-order valence-corrected chi connectivity index (χ4v) is 1.03. The Balaban J connectivity index is 2.76. The zero-order valence-corrected chi connectivity index (χ0v) is 8.31. The van der Waals surface area contributed by atoms with Crippen molar-refractivity contribution in [2.24, 2.45) is 0 Å². The van der Waals surface area contributed by atoms with Gasteiger partial charge in [0.2, 0.25) is 0 Å². The van der Waals surface area contributed by atoms with E-state index in [0.29, 0.717) is 12.1 Å². The predicted octanol–water partition coefficient (Wildman–Crippen LogP) is 3.17. The second-order valence-electron chi connectivity index (χ2n) is 3.09. The van der Waals surface area contributed by atoms with Gasteiger partial charge >= 0.3 is 6.18 Å². The van der Waals surface area contributed by atoms with Crippen LogP contribution in [-0.2, 0) is 0 Å². The van der Waals surface area contributed by atoms with Crippen molar-refractivity contribution < 1.29 is 26.7 Å². The number of halogens is 5. The quantitative estimate of drug-likeness (QED) is 0.773. The van der Waals surface area contributed by atoms with Gasteiger partial charge < -0.3 is 4.74 Å². The Kier molecular flexibility index (Phi) is 3.89. The van der Waals surface area contributed by atoms with E-state index in [-0.39, 0.29) is 5.56 Å². The van der Waals surface area contributed by atoms with Gasteiger partial charge in [-0.15, -0.1) is 0 Å². The second kappa shape index (κ2) is 4.99. The number of rotatable bonds is 3. The summed E-state index contributed by atoms with van der Waals surface area (Å²) in [5.41, 5.74) is -0.275. The number of nitriles is 1. The molecule has 0 unspecified atom stereocenters. The van der Waals surface area contributed by atoms with E-state index in [2.05, 4.69) is 4.74 Å². The van der Waals surface area contributed by atoms with Gasteiger partial charge in [0.1, 0.15) is 0 Å². The number of benzene rings is 1. The van der Waals surface area contributed by atoms with E-state index in [1.165, 1.54) is 6.07 Å². The van der Waals surface area contributed by atoms with Crippen molar-refractivity contribution in [2.45, 2.75) is 12.6 Å². The van der Waals surface area contributed by atoms with Crippen LogP contribution in [0.15, 0.2) is 12.1 Å². The maximum Gasteiger partial charge on any atom is 0.392 e. The first-order valence-electron chi connectivity index (χ1n) is 4.42. The normalized spacial score (nSPS) is 11.1. The molecule has 0 heterocycles. The molecule has 0 saturated carbocycles. The van der Waals surface area contributed by atoms with Crippen LogP contribution in [0.3, 0.4) is 0 Å². The van der Waals surface area contributed by atoms with Crippen LogP contribution in [0.1, 0.15) is 12.0 Å². The van der Waals surface area contributed by atoms with Gasteiger partial charge in [0.05, 0.1) is 24.7 Å². The zero-order chi connectivity index (χ0) is 13.1. The minimum Gasteiger partial charge on any atom is -0.487 e. The van der Waals surface area contributed by atoms with Crippen molar-refractivity contribution >= 4 is 0 Å². The minimum atomic E-state index is -4.46. The average molecular weight is 251 g/mol. The summed E-state index contributed by atoms with van der Waals surface area (Å²) >= 11 is 0. The molecule has 92 valence electrons. The van der Waals surface area contributed by atoms with Crippen molar-refractivity contribution in [3.8, 4) is 11.8 Å². The Hall–Kier alpha value is -1.84. The topological polar surface area (TPSA) is 33.0 Å². The maximum absolute atomic E-state index is 13.1. The third-order valence-electron chi connectivity index (χ3n) is 1.76. The van der Waals surface area contributed by atoms with E-state index in [9.17, 15) is 22.0 Å². The van der Waals surface area contributed by atoms with Crippen LogP contribution in [0.4, 0.5) is 22.0 Å². The second-order valence-corrected chi connectivity index (χ2v) is 3.09. The van der Waals surface area contributed by atoms with Crippen LogP contribution < -0.4 is 4.74 Å². The average Bonchev–Trinajstić information content (AvgIpc) is 2.20. The Bertz CT molecular complexity index is 426. The summed E-state index contributed by atoms with van der Waals surface area (Å²) in [6, 6.07) is 2.87. The number of ether oxygens (including phenoxy) is 1. The van der Waals surface area contributed by atoms with E-state index in [0.717, 1.165) is 0 Å². The molecule has 0 radical (unpaired) electrons. The molecule has 2 nitrogen and oxygen atoms in total. The highest BCUT2D eigenvalue weighted by Crippen LogP contribution is 2.25. The van der Waals surface area contributed by atoms with Gasteiger partial charge in [0, 0.05) is 0 Å². The molecule has 0 bridgehead atoms. The highest BCUT2D eigenvalue weighted by atomic mass is 19.4. The Morgan fingerprint density at radius 1 is 1.18 bits per heavy atom. The fourth-order valence-electron chi connectivity index (χ4n) is 1.03. The number of alkyl halides is 3. The van der Waals surface area contributed by atoms with Gasteiger partial charge in [0.25, 0.3) is 0 Å². The van der Waals surface area contributed by atoms with Gasteiger partial charge in [0.15, 0.2) is 17.4 Å². The summed E-state index contributed by atoms with van der Waals surface area (Å²) < 4.78 is 65.9. The van der Waals surface area contributed by atoms with Crippen molar-refractivity contribution in [2.75, 3.05) is 6.61 Å². The molecule has 0 atom stereocenters. The SMILES string of the molecule is N#Cc1cc(F)c(OCCC(F)(F)F)c(F)c1. The predicted molar refractivity (Wildman–Crippen MR) is 47.2 cm³/mol. The first-order chi connectivity index (χ1) is 7.83. The number of hydrogen-bond donors (Lipinski definition) is 0. The number of hydrogen-bond acceptors (Lipinski definition) is 2. The molecule has 0 aliphatic carbocycles. The number of nitrogens with zero attached hydrogens (tertiary/aromatic N) is 1. The molecule has 17 heavy (non-hydrogen) atoms. The first kappa shape index (κ1) is 13.2. The van der Waals surface area contributed by atoms with Crippen LogP contribution in [0.25, 0.3) is 0 Å². The molecule has 0 saturated heterocycles. The zero-order valence-electron chi connectivity index (χ0n) is 8.31. The standard InChI is InChI=1S/C10H6F5NO/c11-7-3-6(5-16)4-8(12)9(7)17-2-1-10(13,14)15/h3-4H,1-2H2. The van der Waals surface area contributed by atoms with Crippen LogP contribution in [-0.4, -0.2) is 12.8 Å². The monoisotopic (exact) mass is 251 g/mol. The van der Waals surface area contributed by atoms with Crippen LogP contribution in [0, 0.1) is 23.0 Å². The van der Waals surface area contributed by atoms with Gasteiger partial charge in [-0.3, -0.25) is 0 Å². The molecular weight excluding hydrogens is 245 g/mol. The molecule has 1 aromatic rings. The molecule has 0 amide bonds. The van der Waals surface area contributed by atoms with E-state index in [1.54, 1.807) is 0 Å². The van der Waals surface area contributed by atoms with Gasteiger partial charge in [-0.05, 0) is 12.1 Å². The summed E-state index contributed by atoms with van der Waals surface area (Å²) in [5.74, 6) is -3.32. The van der Waals surface area contributed by atoms with Crippen molar-refractivity contribution in [3.63, 3.8) is 0 Å². The lowest BCUT2D eigenvalue weighted by molar-refractivity contribution is -0.139. The summed E-state index contributed by atoms with van der Waals surface area (Å²) in [5, 5.41) is 8.39. The van der Waals surface area contributed by atoms with Gasteiger partial charge in [-0.1, -0.05) is 0 Å². The van der Waals surface area contributed by atoms with Crippen LogP contribution in [0.2, 0.25) is 0 Å². The van der Waals surface area contributed by atoms with Crippen LogP contribution in [0.5, 0.6) is 5.75 Å². The summed E-state index contributed by atoms with van der Waals surface area (Å²) in [4.78, 5) is 0. The Morgan fingerprint density at radius 2 is 1.71 bits per heavy atom. The molecule has 0 N–H and O–H groups in total. The van der Waals surface area contributed by atoms with E-state index in [4.69, 9.17) is 5.26 Å². The van der Waals surface area contributed by atoms with Crippen molar-refractivity contribution in [3.05, 3.63) is 29.3 Å². The van der Waals surface area contributed by atoms with E-state index < -0.39 is 36.6 Å². The van der Waals surface area contributed by atoms with Gasteiger partial charge in [-0.25, -0.2) is 8.78 Å². The summed E-state index contributed by atoms with van der Waals surface area (Å²) in [7, 11) is 0. The third kappa shape index (κ3) is 3.90. The molecule has 0 aliphatic heterocycles. The molecule has 1 aromatic carbocycles. The highest BCUT2D eigenvalue weighted by Gasteiger charge is 2.27. The lowest BCUT2D eigenvalue weighted by atomic mass is 10.2. The lowest BCUT2D eigenvalue weighted by Crippen LogP contribution is -2.14. The van der Waals surface area contributed by atoms with Crippen molar-refractivity contribution in [1.82, 2.24) is 0 Å². The van der Waals surface area contributed by atoms with Crippen LogP contribution >= 0.6 is 0 Å².